The number of para-hydroxylation sites is 1. The summed E-state index contributed by atoms with van der Waals surface area (Å²) in [5.74, 6) is 1.03. The third kappa shape index (κ3) is 2.32. The molecule has 0 fully saturated rings. The molecule has 0 saturated heterocycles. The summed E-state index contributed by atoms with van der Waals surface area (Å²) in [6.45, 7) is 0. The standard InChI is InChI=1S/C13H9ClN6OS2/c1-19-11(21)7-4-2-3-5-9(7)20-12(19)16-17-13(20)22-6-8-10(14)23-18-15-8/h2-5H,6H2,1H3. The van der Waals surface area contributed by atoms with Crippen molar-refractivity contribution >= 4 is 51.6 Å². The zero-order valence-corrected chi connectivity index (χ0v) is 14.2. The first-order valence-electron chi connectivity index (χ1n) is 6.59. The van der Waals surface area contributed by atoms with E-state index in [9.17, 15) is 4.79 Å². The van der Waals surface area contributed by atoms with Crippen LogP contribution in [0.5, 0.6) is 0 Å². The predicted molar refractivity (Wildman–Crippen MR) is 90.2 cm³/mol. The Kier molecular flexibility index (Phi) is 3.55. The normalized spacial score (nSPS) is 11.6. The quantitative estimate of drug-likeness (QED) is 0.519. The van der Waals surface area contributed by atoms with Crippen LogP contribution in [0.4, 0.5) is 0 Å². The zero-order chi connectivity index (χ0) is 16.0. The number of hydrogen-bond donors (Lipinski definition) is 0. The second-order valence-electron chi connectivity index (χ2n) is 4.78. The first-order chi connectivity index (χ1) is 11.2. The molecule has 4 aromatic rings. The van der Waals surface area contributed by atoms with Gasteiger partial charge in [-0.1, -0.05) is 40.0 Å². The van der Waals surface area contributed by atoms with Crippen LogP contribution in [0.2, 0.25) is 4.34 Å². The summed E-state index contributed by atoms with van der Waals surface area (Å²) in [4.78, 5) is 12.4. The smallest absolute Gasteiger partial charge is 0.262 e. The molecule has 0 N–H and O–H groups in total. The number of benzene rings is 1. The molecule has 10 heteroatoms. The molecule has 1 aromatic carbocycles. The van der Waals surface area contributed by atoms with Crippen LogP contribution in [0.1, 0.15) is 5.69 Å². The van der Waals surface area contributed by atoms with E-state index in [-0.39, 0.29) is 5.56 Å². The van der Waals surface area contributed by atoms with E-state index in [1.165, 1.54) is 16.3 Å². The molecular formula is C13H9ClN6OS2. The van der Waals surface area contributed by atoms with Crippen molar-refractivity contribution in [2.45, 2.75) is 10.9 Å². The van der Waals surface area contributed by atoms with E-state index in [2.05, 4.69) is 19.8 Å². The molecule has 0 aliphatic rings. The molecule has 0 amide bonds. The largest absolute Gasteiger partial charge is 0.279 e. The molecule has 0 unspecified atom stereocenters. The van der Waals surface area contributed by atoms with Crippen LogP contribution in [0.15, 0.2) is 34.2 Å². The molecule has 3 heterocycles. The summed E-state index contributed by atoms with van der Waals surface area (Å²) in [7, 11) is 1.69. The Hall–Kier alpha value is -1.97. The van der Waals surface area contributed by atoms with Crippen molar-refractivity contribution in [1.29, 1.82) is 0 Å². The molecule has 3 aromatic heterocycles. The molecule has 0 spiro atoms. The van der Waals surface area contributed by atoms with Gasteiger partial charge in [0, 0.05) is 24.3 Å². The van der Waals surface area contributed by atoms with Crippen LogP contribution in [0, 0.1) is 0 Å². The molecule has 23 heavy (non-hydrogen) atoms. The Bertz CT molecular complexity index is 1090. The van der Waals surface area contributed by atoms with Crippen molar-refractivity contribution in [1.82, 2.24) is 28.8 Å². The molecule has 0 saturated carbocycles. The molecule has 7 nitrogen and oxygen atoms in total. The number of fused-ring (bicyclic) bond motifs is 3. The molecule has 4 rings (SSSR count). The van der Waals surface area contributed by atoms with Crippen LogP contribution in [-0.4, -0.2) is 28.8 Å². The van der Waals surface area contributed by atoms with E-state index in [1.54, 1.807) is 13.1 Å². The maximum atomic E-state index is 12.4. The van der Waals surface area contributed by atoms with Gasteiger partial charge in [0.1, 0.15) is 10.0 Å². The Morgan fingerprint density at radius 2 is 2.09 bits per heavy atom. The molecule has 0 atom stereocenters. The van der Waals surface area contributed by atoms with Gasteiger partial charge >= 0.3 is 0 Å². The van der Waals surface area contributed by atoms with E-state index in [4.69, 9.17) is 11.6 Å². The number of nitrogens with zero attached hydrogens (tertiary/aromatic N) is 6. The fraction of sp³-hybridized carbons (Fsp3) is 0.154. The number of aryl methyl sites for hydroxylation is 1. The van der Waals surface area contributed by atoms with Gasteiger partial charge in [0.15, 0.2) is 5.16 Å². The molecule has 0 bridgehead atoms. The van der Waals surface area contributed by atoms with Gasteiger partial charge in [-0.15, -0.1) is 15.3 Å². The van der Waals surface area contributed by atoms with Gasteiger partial charge in [-0.2, -0.15) is 0 Å². The topological polar surface area (TPSA) is 78.0 Å². The van der Waals surface area contributed by atoms with Crippen molar-refractivity contribution < 1.29 is 0 Å². The maximum Gasteiger partial charge on any atom is 0.262 e. The number of hydrogen-bond acceptors (Lipinski definition) is 7. The van der Waals surface area contributed by atoms with Gasteiger partial charge in [-0.3, -0.25) is 13.8 Å². The van der Waals surface area contributed by atoms with E-state index in [0.717, 1.165) is 17.0 Å². The van der Waals surface area contributed by atoms with Crippen LogP contribution in [-0.2, 0) is 12.8 Å². The summed E-state index contributed by atoms with van der Waals surface area (Å²) >= 11 is 8.64. The number of rotatable bonds is 3. The Morgan fingerprint density at radius 1 is 1.26 bits per heavy atom. The Balaban J connectivity index is 1.88. The van der Waals surface area contributed by atoms with E-state index in [1.807, 2.05) is 22.6 Å². The molecular weight excluding hydrogens is 356 g/mol. The number of aromatic nitrogens is 6. The van der Waals surface area contributed by atoms with Gasteiger partial charge in [0.25, 0.3) is 5.56 Å². The van der Waals surface area contributed by atoms with Crippen molar-refractivity contribution in [2.24, 2.45) is 7.05 Å². The van der Waals surface area contributed by atoms with E-state index in [0.29, 0.717) is 32.1 Å². The highest BCUT2D eigenvalue weighted by molar-refractivity contribution is 7.98. The second-order valence-corrected chi connectivity index (χ2v) is 7.08. The summed E-state index contributed by atoms with van der Waals surface area (Å²) in [6, 6.07) is 7.41. The van der Waals surface area contributed by atoms with Crippen LogP contribution in [0.25, 0.3) is 16.7 Å². The van der Waals surface area contributed by atoms with Crippen LogP contribution < -0.4 is 5.56 Å². The van der Waals surface area contributed by atoms with Crippen molar-refractivity contribution in [3.05, 3.63) is 44.6 Å². The Labute approximate surface area is 143 Å². The average Bonchev–Trinajstić information content (AvgIpc) is 3.17. The lowest BCUT2D eigenvalue weighted by atomic mass is 10.2. The lowest BCUT2D eigenvalue weighted by molar-refractivity contribution is 0.853. The van der Waals surface area contributed by atoms with Gasteiger partial charge in [-0.25, -0.2) is 0 Å². The van der Waals surface area contributed by atoms with Crippen LogP contribution >= 0.6 is 34.9 Å². The summed E-state index contributed by atoms with van der Waals surface area (Å²) in [6.07, 6.45) is 0. The molecule has 0 aliphatic heterocycles. The number of halogens is 1. The third-order valence-corrected chi connectivity index (χ3v) is 5.37. The second kappa shape index (κ2) is 5.59. The number of thioether (sulfide) groups is 1. The minimum atomic E-state index is -0.0937. The monoisotopic (exact) mass is 364 g/mol. The minimum absolute atomic E-state index is 0.0937. The summed E-state index contributed by atoms with van der Waals surface area (Å²) in [5, 5.41) is 13.6. The fourth-order valence-corrected chi connectivity index (χ4v) is 3.99. The summed E-state index contributed by atoms with van der Waals surface area (Å²) in [5.41, 5.74) is 1.40. The van der Waals surface area contributed by atoms with E-state index < -0.39 is 0 Å². The molecule has 0 radical (unpaired) electrons. The van der Waals surface area contributed by atoms with Gasteiger partial charge in [0.05, 0.1) is 10.9 Å². The van der Waals surface area contributed by atoms with Gasteiger partial charge < -0.3 is 0 Å². The van der Waals surface area contributed by atoms with Gasteiger partial charge in [-0.05, 0) is 12.1 Å². The summed E-state index contributed by atoms with van der Waals surface area (Å²) < 4.78 is 7.76. The third-order valence-electron chi connectivity index (χ3n) is 3.44. The molecule has 116 valence electrons. The Morgan fingerprint density at radius 3 is 2.87 bits per heavy atom. The maximum absolute atomic E-state index is 12.4. The van der Waals surface area contributed by atoms with Crippen LogP contribution in [0.3, 0.4) is 0 Å². The average molecular weight is 365 g/mol. The SMILES string of the molecule is Cn1c(=O)c2ccccc2n2c(SCc3nnsc3Cl)nnc12. The van der Waals surface area contributed by atoms with Crippen molar-refractivity contribution in [3.8, 4) is 0 Å². The highest BCUT2D eigenvalue weighted by Crippen LogP contribution is 2.27. The first-order valence-corrected chi connectivity index (χ1v) is 8.73. The van der Waals surface area contributed by atoms with E-state index >= 15 is 0 Å². The minimum Gasteiger partial charge on any atom is -0.279 e. The highest BCUT2D eigenvalue weighted by atomic mass is 35.5. The molecule has 0 aliphatic carbocycles. The lowest BCUT2D eigenvalue weighted by Gasteiger charge is -2.07. The fourth-order valence-electron chi connectivity index (χ4n) is 2.32. The van der Waals surface area contributed by atoms with Gasteiger partial charge in [0.2, 0.25) is 5.78 Å². The van der Waals surface area contributed by atoms with Crippen molar-refractivity contribution in [3.63, 3.8) is 0 Å². The predicted octanol–water partition coefficient (Wildman–Crippen LogP) is 2.38. The first kappa shape index (κ1) is 14.6. The zero-order valence-electron chi connectivity index (χ0n) is 11.8. The van der Waals surface area contributed by atoms with Crippen molar-refractivity contribution in [2.75, 3.05) is 0 Å². The lowest BCUT2D eigenvalue weighted by Crippen LogP contribution is -2.20. The highest BCUT2D eigenvalue weighted by Gasteiger charge is 2.16.